The molecule has 0 aliphatic heterocycles. The molecule has 0 atom stereocenters. The van der Waals surface area contributed by atoms with Gasteiger partial charge in [-0.3, -0.25) is 0 Å². The van der Waals surface area contributed by atoms with Gasteiger partial charge in [0, 0.05) is 18.0 Å². The number of pyridine rings is 1. The van der Waals surface area contributed by atoms with Crippen molar-refractivity contribution in [2.24, 2.45) is 0 Å². The van der Waals surface area contributed by atoms with E-state index in [9.17, 15) is 0 Å². The molecule has 96 valence electrons. The van der Waals surface area contributed by atoms with Gasteiger partial charge in [0.05, 0.1) is 5.69 Å². The van der Waals surface area contributed by atoms with Gasteiger partial charge in [0.2, 0.25) is 0 Å². The first-order valence-electron chi connectivity index (χ1n) is 6.59. The largest absolute Gasteiger partial charge is 0.306 e. The first-order chi connectivity index (χ1) is 9.04. The lowest BCUT2D eigenvalue weighted by Crippen LogP contribution is -2.10. The van der Waals surface area contributed by atoms with Crippen molar-refractivity contribution in [1.82, 2.24) is 9.38 Å². The Morgan fingerprint density at radius 1 is 0.947 bits per heavy atom. The molecule has 0 unspecified atom stereocenters. The molecular weight excluding hydrogens is 232 g/mol. The average molecular weight is 250 g/mol. The summed E-state index contributed by atoms with van der Waals surface area (Å²) in [5.74, 6) is 0. The fourth-order valence-corrected chi connectivity index (χ4v) is 2.21. The van der Waals surface area contributed by atoms with Gasteiger partial charge in [0.15, 0.2) is 0 Å². The molecule has 0 fully saturated rings. The molecule has 0 saturated heterocycles. The monoisotopic (exact) mass is 250 g/mol. The summed E-state index contributed by atoms with van der Waals surface area (Å²) >= 11 is 0. The van der Waals surface area contributed by atoms with E-state index in [4.69, 9.17) is 0 Å². The lowest BCUT2D eigenvalue weighted by Gasteiger charge is -2.18. The van der Waals surface area contributed by atoms with Crippen LogP contribution in [0.5, 0.6) is 0 Å². The van der Waals surface area contributed by atoms with Gasteiger partial charge in [0.25, 0.3) is 0 Å². The molecule has 0 amide bonds. The topological polar surface area (TPSA) is 17.3 Å². The van der Waals surface area contributed by atoms with E-state index in [1.165, 1.54) is 5.56 Å². The van der Waals surface area contributed by atoms with Crippen LogP contribution in [0.1, 0.15) is 26.3 Å². The van der Waals surface area contributed by atoms with Crippen molar-refractivity contribution in [2.75, 3.05) is 0 Å². The fourth-order valence-electron chi connectivity index (χ4n) is 2.21. The second-order valence-electron chi connectivity index (χ2n) is 5.92. The highest BCUT2D eigenvalue weighted by molar-refractivity contribution is 5.63. The van der Waals surface area contributed by atoms with Crippen LogP contribution in [0.25, 0.3) is 16.9 Å². The molecule has 0 aliphatic rings. The van der Waals surface area contributed by atoms with E-state index >= 15 is 0 Å². The maximum atomic E-state index is 4.64. The molecule has 0 N–H and O–H groups in total. The molecule has 19 heavy (non-hydrogen) atoms. The Kier molecular flexibility index (Phi) is 2.67. The number of hydrogen-bond acceptors (Lipinski definition) is 1. The van der Waals surface area contributed by atoms with Crippen molar-refractivity contribution in [3.63, 3.8) is 0 Å². The molecule has 0 aliphatic carbocycles. The second-order valence-corrected chi connectivity index (χ2v) is 5.92. The summed E-state index contributed by atoms with van der Waals surface area (Å²) in [5, 5.41) is 0. The minimum atomic E-state index is 0.192. The van der Waals surface area contributed by atoms with E-state index in [1.807, 2.05) is 28.8 Å². The van der Waals surface area contributed by atoms with Crippen LogP contribution in [0.15, 0.2) is 54.9 Å². The number of aromatic nitrogens is 2. The molecule has 2 nitrogen and oxygen atoms in total. The number of nitrogens with zero attached hydrogens (tertiary/aromatic N) is 2. The van der Waals surface area contributed by atoms with E-state index in [0.717, 1.165) is 16.9 Å². The predicted octanol–water partition coefficient (Wildman–Crippen LogP) is 4.30. The summed E-state index contributed by atoms with van der Waals surface area (Å²) in [6.07, 6.45) is 4.09. The summed E-state index contributed by atoms with van der Waals surface area (Å²) < 4.78 is 2.05. The number of benzene rings is 1. The average Bonchev–Trinajstić information content (AvgIpc) is 2.81. The molecule has 0 spiro atoms. The number of fused-ring (bicyclic) bond motifs is 1. The summed E-state index contributed by atoms with van der Waals surface area (Å²) in [6, 6.07) is 14.7. The van der Waals surface area contributed by atoms with Gasteiger partial charge in [-0.05, 0) is 23.1 Å². The molecule has 2 heteroatoms. The van der Waals surface area contributed by atoms with Crippen LogP contribution in [-0.4, -0.2) is 9.38 Å². The van der Waals surface area contributed by atoms with Crippen LogP contribution >= 0.6 is 0 Å². The van der Waals surface area contributed by atoms with Crippen LogP contribution < -0.4 is 0 Å². The van der Waals surface area contributed by atoms with Crippen LogP contribution in [0, 0.1) is 0 Å². The predicted molar refractivity (Wildman–Crippen MR) is 79.3 cm³/mol. The van der Waals surface area contributed by atoms with Gasteiger partial charge >= 0.3 is 0 Å². The molecule has 2 aromatic heterocycles. The zero-order chi connectivity index (χ0) is 13.5. The number of hydrogen-bond donors (Lipinski definition) is 0. The van der Waals surface area contributed by atoms with Crippen molar-refractivity contribution in [2.45, 2.75) is 26.2 Å². The van der Waals surface area contributed by atoms with Gasteiger partial charge in [-0.25, -0.2) is 4.98 Å². The van der Waals surface area contributed by atoms with Gasteiger partial charge < -0.3 is 4.40 Å². The number of imidazole rings is 1. The Hall–Kier alpha value is -2.09. The van der Waals surface area contributed by atoms with Gasteiger partial charge in [-0.2, -0.15) is 0 Å². The molecule has 3 rings (SSSR count). The van der Waals surface area contributed by atoms with Crippen LogP contribution in [0.4, 0.5) is 0 Å². The molecule has 2 heterocycles. The smallest absolute Gasteiger partial charge is 0.137 e. The van der Waals surface area contributed by atoms with Crippen molar-refractivity contribution in [3.05, 3.63) is 60.4 Å². The zero-order valence-electron chi connectivity index (χ0n) is 11.6. The van der Waals surface area contributed by atoms with E-state index in [2.05, 4.69) is 56.2 Å². The quantitative estimate of drug-likeness (QED) is 0.629. The summed E-state index contributed by atoms with van der Waals surface area (Å²) in [4.78, 5) is 4.64. The Morgan fingerprint density at radius 3 is 2.32 bits per heavy atom. The minimum Gasteiger partial charge on any atom is -0.306 e. The van der Waals surface area contributed by atoms with Crippen LogP contribution in [0.3, 0.4) is 0 Å². The highest BCUT2D eigenvalue weighted by Gasteiger charge is 2.13. The Balaban J connectivity index is 2.02. The number of rotatable bonds is 1. The van der Waals surface area contributed by atoms with E-state index in [0.29, 0.717) is 0 Å². The van der Waals surface area contributed by atoms with Crippen molar-refractivity contribution in [1.29, 1.82) is 0 Å². The van der Waals surface area contributed by atoms with Crippen molar-refractivity contribution >= 4 is 5.65 Å². The molecular formula is C17H18N2. The molecule has 0 bridgehead atoms. The minimum absolute atomic E-state index is 0.192. The summed E-state index contributed by atoms with van der Waals surface area (Å²) in [6.45, 7) is 6.69. The highest BCUT2D eigenvalue weighted by Crippen LogP contribution is 2.25. The summed E-state index contributed by atoms with van der Waals surface area (Å²) in [5.41, 5.74) is 4.71. The van der Waals surface area contributed by atoms with Crippen molar-refractivity contribution in [3.8, 4) is 11.3 Å². The van der Waals surface area contributed by atoms with Crippen LogP contribution in [-0.2, 0) is 5.41 Å². The standard InChI is InChI=1S/C17H18N2/c1-17(2,3)14-9-7-13(8-10-14)15-12-19-11-5-4-6-16(19)18-15/h4-12H,1-3H3. The third-order valence-electron chi connectivity index (χ3n) is 3.41. The first kappa shape index (κ1) is 12.0. The van der Waals surface area contributed by atoms with Gasteiger partial charge in [-0.1, -0.05) is 51.1 Å². The van der Waals surface area contributed by atoms with Crippen LogP contribution in [0.2, 0.25) is 0 Å². The Morgan fingerprint density at radius 2 is 1.68 bits per heavy atom. The third-order valence-corrected chi connectivity index (χ3v) is 3.41. The fraction of sp³-hybridized carbons (Fsp3) is 0.235. The maximum Gasteiger partial charge on any atom is 0.137 e. The molecule has 1 aromatic carbocycles. The second kappa shape index (κ2) is 4.23. The molecule has 0 saturated carbocycles. The molecule has 3 aromatic rings. The van der Waals surface area contributed by atoms with Gasteiger partial charge in [-0.15, -0.1) is 0 Å². The van der Waals surface area contributed by atoms with Crippen molar-refractivity contribution < 1.29 is 0 Å². The SMILES string of the molecule is CC(C)(C)c1ccc(-c2cn3ccccc3n2)cc1. The van der Waals surface area contributed by atoms with Gasteiger partial charge in [0.1, 0.15) is 5.65 Å². The lowest BCUT2D eigenvalue weighted by atomic mass is 9.86. The highest BCUT2D eigenvalue weighted by atomic mass is 15.0. The lowest BCUT2D eigenvalue weighted by molar-refractivity contribution is 0.590. The van der Waals surface area contributed by atoms with E-state index < -0.39 is 0 Å². The van der Waals surface area contributed by atoms with E-state index in [1.54, 1.807) is 0 Å². The zero-order valence-corrected chi connectivity index (χ0v) is 11.6. The maximum absolute atomic E-state index is 4.64. The Labute approximate surface area is 113 Å². The first-order valence-corrected chi connectivity index (χ1v) is 6.59. The third kappa shape index (κ3) is 2.26. The summed E-state index contributed by atoms with van der Waals surface area (Å²) in [7, 11) is 0. The Bertz CT molecular complexity index is 667. The normalized spacial score (nSPS) is 11.9. The van der Waals surface area contributed by atoms with E-state index in [-0.39, 0.29) is 5.41 Å². The molecule has 0 radical (unpaired) electrons.